The van der Waals surface area contributed by atoms with E-state index in [-0.39, 0.29) is 0 Å². The Kier molecular flexibility index (Phi) is 12.9. The van der Waals surface area contributed by atoms with Crippen LogP contribution in [0.1, 0.15) is 57.1 Å². The van der Waals surface area contributed by atoms with E-state index >= 15 is 0 Å². The molecule has 0 spiro atoms. The average Bonchev–Trinajstić information content (AvgIpc) is 2.65. The Bertz CT molecular complexity index is 589. The lowest BCUT2D eigenvalue weighted by Crippen LogP contribution is -2.22. The van der Waals surface area contributed by atoms with Gasteiger partial charge in [-0.2, -0.15) is 0 Å². The van der Waals surface area contributed by atoms with Crippen LogP contribution >= 0.6 is 0 Å². The van der Waals surface area contributed by atoms with Gasteiger partial charge >= 0.3 is 0 Å². The molecule has 0 aliphatic rings. The number of nitrogens with zero attached hydrogens (tertiary/aromatic N) is 1. The monoisotopic (exact) mass is 390 g/mol. The fourth-order valence-corrected chi connectivity index (χ4v) is 2.98. The number of allylic oxidation sites excluding steroid dienone is 1. The van der Waals surface area contributed by atoms with Gasteiger partial charge in [-0.25, -0.2) is 0 Å². The fraction of sp³-hybridized carbons (Fsp3) is 0.609. The van der Waals surface area contributed by atoms with Gasteiger partial charge in [0.25, 0.3) is 0 Å². The number of nitrogens with one attached hydrogen (secondary N) is 1. The molecule has 0 aliphatic carbocycles. The topological polar surface area (TPSA) is 52.1 Å². The van der Waals surface area contributed by atoms with Gasteiger partial charge < -0.3 is 19.6 Å². The molecule has 1 rings (SSSR count). The second-order valence-electron chi connectivity index (χ2n) is 7.07. The molecule has 1 N–H and O–H groups in total. The van der Waals surface area contributed by atoms with E-state index in [1.165, 1.54) is 25.7 Å². The van der Waals surface area contributed by atoms with Gasteiger partial charge in [0, 0.05) is 6.54 Å². The molecule has 0 heterocycles. The summed E-state index contributed by atoms with van der Waals surface area (Å²) in [6, 6.07) is 4.11. The standard InChI is InChI=1S/C23H38N2O3/c1-6-7-14-27-22-16-19(2)23(20(3)17-22)28-15-12-10-8-9-11-13-24-18-21(4)25-26-5/h6-7,16-17,24H,8-15,18H2,1-5H3/b7-6+,25-21?. The lowest BCUT2D eigenvalue weighted by atomic mass is 10.1. The first-order chi connectivity index (χ1) is 13.6. The number of rotatable bonds is 15. The van der Waals surface area contributed by atoms with Crippen LogP contribution in [0.25, 0.3) is 0 Å². The van der Waals surface area contributed by atoms with Crippen LogP contribution < -0.4 is 14.8 Å². The maximum absolute atomic E-state index is 6.04. The predicted octanol–water partition coefficient (Wildman–Crippen LogP) is 5.20. The second-order valence-corrected chi connectivity index (χ2v) is 7.07. The molecule has 0 radical (unpaired) electrons. The van der Waals surface area contributed by atoms with Crippen molar-refractivity contribution in [3.8, 4) is 11.5 Å². The van der Waals surface area contributed by atoms with Crippen LogP contribution in [0.3, 0.4) is 0 Å². The van der Waals surface area contributed by atoms with Crippen molar-refractivity contribution in [2.24, 2.45) is 5.16 Å². The van der Waals surface area contributed by atoms with E-state index in [9.17, 15) is 0 Å². The predicted molar refractivity (Wildman–Crippen MR) is 118 cm³/mol. The van der Waals surface area contributed by atoms with Crippen LogP contribution in [0.2, 0.25) is 0 Å². The molecule has 0 fully saturated rings. The number of benzene rings is 1. The fourth-order valence-electron chi connectivity index (χ4n) is 2.98. The van der Waals surface area contributed by atoms with Crippen molar-refractivity contribution in [3.63, 3.8) is 0 Å². The first-order valence-electron chi connectivity index (χ1n) is 10.3. The van der Waals surface area contributed by atoms with Crippen molar-refractivity contribution in [1.29, 1.82) is 0 Å². The first-order valence-corrected chi connectivity index (χ1v) is 10.3. The maximum Gasteiger partial charge on any atom is 0.125 e. The molecule has 0 aromatic heterocycles. The van der Waals surface area contributed by atoms with E-state index in [4.69, 9.17) is 14.3 Å². The number of hydrogen-bond acceptors (Lipinski definition) is 5. The summed E-state index contributed by atoms with van der Waals surface area (Å²) in [6.45, 7) is 11.3. The summed E-state index contributed by atoms with van der Waals surface area (Å²) in [5.41, 5.74) is 3.24. The summed E-state index contributed by atoms with van der Waals surface area (Å²) in [7, 11) is 1.58. The Labute approximate surface area is 171 Å². The molecule has 0 saturated carbocycles. The largest absolute Gasteiger partial charge is 0.493 e. The Balaban J connectivity index is 2.15. The van der Waals surface area contributed by atoms with Crippen molar-refractivity contribution in [1.82, 2.24) is 5.32 Å². The van der Waals surface area contributed by atoms with Crippen LogP contribution in [-0.2, 0) is 4.84 Å². The van der Waals surface area contributed by atoms with Crippen molar-refractivity contribution >= 4 is 5.71 Å². The zero-order chi connectivity index (χ0) is 20.6. The molecule has 0 unspecified atom stereocenters. The normalized spacial score (nSPS) is 11.8. The molecule has 28 heavy (non-hydrogen) atoms. The molecule has 1 aromatic rings. The molecule has 0 atom stereocenters. The molecule has 0 saturated heterocycles. The summed E-state index contributed by atoms with van der Waals surface area (Å²) in [6.07, 6.45) is 9.95. The Morgan fingerprint density at radius 2 is 1.71 bits per heavy atom. The van der Waals surface area contributed by atoms with E-state index in [1.807, 2.05) is 26.0 Å². The summed E-state index contributed by atoms with van der Waals surface area (Å²) in [5.74, 6) is 1.90. The highest BCUT2D eigenvalue weighted by Gasteiger charge is 2.07. The van der Waals surface area contributed by atoms with Gasteiger partial charge in [-0.1, -0.05) is 36.6 Å². The number of aryl methyl sites for hydroxylation is 2. The summed E-state index contributed by atoms with van der Waals surface area (Å²) < 4.78 is 11.8. The van der Waals surface area contributed by atoms with Gasteiger partial charge in [-0.05, 0) is 70.3 Å². The van der Waals surface area contributed by atoms with Gasteiger partial charge in [-0.15, -0.1) is 0 Å². The van der Waals surface area contributed by atoms with E-state index in [2.05, 4.69) is 36.5 Å². The lowest BCUT2D eigenvalue weighted by Gasteiger charge is -2.14. The molecule has 1 aromatic carbocycles. The maximum atomic E-state index is 6.04. The molecule has 158 valence electrons. The molecule has 5 heteroatoms. The van der Waals surface area contributed by atoms with E-state index in [0.717, 1.165) is 54.5 Å². The summed E-state index contributed by atoms with van der Waals surface area (Å²) in [4.78, 5) is 4.74. The molecular weight excluding hydrogens is 352 g/mol. The number of hydrogen-bond donors (Lipinski definition) is 1. The van der Waals surface area contributed by atoms with E-state index < -0.39 is 0 Å². The lowest BCUT2D eigenvalue weighted by molar-refractivity contribution is 0.212. The van der Waals surface area contributed by atoms with Crippen molar-refractivity contribution in [2.45, 2.75) is 59.8 Å². The van der Waals surface area contributed by atoms with Gasteiger partial charge in [0.15, 0.2) is 0 Å². The second kappa shape index (κ2) is 15.0. The van der Waals surface area contributed by atoms with E-state index in [0.29, 0.717) is 6.61 Å². The smallest absolute Gasteiger partial charge is 0.125 e. The quantitative estimate of drug-likeness (QED) is 0.194. The van der Waals surface area contributed by atoms with Crippen molar-refractivity contribution in [3.05, 3.63) is 35.4 Å². The molecule has 5 nitrogen and oxygen atoms in total. The Hall–Kier alpha value is -2.01. The highest BCUT2D eigenvalue weighted by atomic mass is 16.6. The Morgan fingerprint density at radius 3 is 2.39 bits per heavy atom. The molecule has 0 amide bonds. The van der Waals surface area contributed by atoms with E-state index in [1.54, 1.807) is 7.11 Å². The van der Waals surface area contributed by atoms with Crippen LogP contribution in [0.15, 0.2) is 29.4 Å². The molecule has 0 bridgehead atoms. The van der Waals surface area contributed by atoms with Crippen LogP contribution in [0, 0.1) is 13.8 Å². The molecular formula is C23H38N2O3. The minimum Gasteiger partial charge on any atom is -0.493 e. The van der Waals surface area contributed by atoms with Gasteiger partial charge in [0.2, 0.25) is 0 Å². The third-order valence-corrected chi connectivity index (χ3v) is 4.39. The third-order valence-electron chi connectivity index (χ3n) is 4.39. The number of oxime groups is 1. The third kappa shape index (κ3) is 10.4. The minimum atomic E-state index is 0.603. The highest BCUT2D eigenvalue weighted by molar-refractivity contribution is 5.83. The molecule has 0 aliphatic heterocycles. The average molecular weight is 391 g/mol. The number of unbranched alkanes of at least 4 members (excludes halogenated alkanes) is 4. The minimum absolute atomic E-state index is 0.603. The Morgan fingerprint density at radius 1 is 1.04 bits per heavy atom. The van der Waals surface area contributed by atoms with Gasteiger partial charge in [0.05, 0.1) is 12.3 Å². The van der Waals surface area contributed by atoms with Crippen LogP contribution in [0.5, 0.6) is 11.5 Å². The van der Waals surface area contributed by atoms with Crippen molar-refractivity contribution < 1.29 is 14.3 Å². The van der Waals surface area contributed by atoms with Crippen LogP contribution in [-0.4, -0.2) is 39.1 Å². The summed E-state index contributed by atoms with van der Waals surface area (Å²) in [5, 5.41) is 7.26. The zero-order valence-electron chi connectivity index (χ0n) is 18.3. The highest BCUT2D eigenvalue weighted by Crippen LogP contribution is 2.28. The zero-order valence-corrected chi connectivity index (χ0v) is 18.3. The van der Waals surface area contributed by atoms with Gasteiger partial charge in [0.1, 0.15) is 25.2 Å². The van der Waals surface area contributed by atoms with Gasteiger partial charge in [-0.3, -0.25) is 0 Å². The van der Waals surface area contributed by atoms with Crippen molar-refractivity contribution in [2.75, 3.05) is 33.4 Å². The SMILES string of the molecule is C/C=C/COc1cc(C)c(OCCCCCCCNCC(C)=NOC)c(C)c1. The first kappa shape index (κ1) is 24.0. The van der Waals surface area contributed by atoms with Crippen LogP contribution in [0.4, 0.5) is 0 Å². The summed E-state index contributed by atoms with van der Waals surface area (Å²) >= 11 is 0. The number of ether oxygens (including phenoxy) is 2.